The second kappa shape index (κ2) is 8.39. The van der Waals surface area contributed by atoms with E-state index in [9.17, 15) is 9.59 Å². The van der Waals surface area contributed by atoms with Crippen LogP contribution in [-0.2, 0) is 11.3 Å². The number of carbonyl (C=O) groups excluding carboxylic acids is 1. The van der Waals surface area contributed by atoms with Crippen LogP contribution in [0.15, 0.2) is 59.4 Å². The number of hydrogen-bond donors (Lipinski definition) is 1. The van der Waals surface area contributed by atoms with E-state index in [-0.39, 0.29) is 18.0 Å². The quantitative estimate of drug-likeness (QED) is 0.712. The molecule has 0 aliphatic heterocycles. The van der Waals surface area contributed by atoms with Crippen LogP contribution in [0.2, 0.25) is 0 Å². The number of ether oxygens (including phenoxy) is 2. The molecular weight excluding hydrogens is 358 g/mol. The van der Waals surface area contributed by atoms with Gasteiger partial charge >= 0.3 is 0 Å². The zero-order chi connectivity index (χ0) is 20.1. The van der Waals surface area contributed by atoms with E-state index in [1.54, 1.807) is 32.2 Å². The largest absolute Gasteiger partial charge is 0.497 e. The van der Waals surface area contributed by atoms with Gasteiger partial charge in [0.2, 0.25) is 5.91 Å². The van der Waals surface area contributed by atoms with Gasteiger partial charge < -0.3 is 14.8 Å². The molecule has 0 aliphatic carbocycles. The molecule has 1 heterocycles. The lowest BCUT2D eigenvalue weighted by Gasteiger charge is -2.13. The standard InChI is InChI=1S/C21H21N3O4/c1-14-22-18(15-7-5-4-6-8-15)12-21(26)24(14)13-20(25)23-17-10-9-16(27-2)11-19(17)28-3/h4-12H,13H2,1-3H3,(H,23,25). The van der Waals surface area contributed by atoms with Crippen molar-refractivity contribution in [2.24, 2.45) is 0 Å². The van der Waals surface area contributed by atoms with Crippen molar-refractivity contribution in [1.29, 1.82) is 0 Å². The van der Waals surface area contributed by atoms with Gasteiger partial charge in [0.15, 0.2) is 0 Å². The minimum absolute atomic E-state index is 0.151. The summed E-state index contributed by atoms with van der Waals surface area (Å²) in [4.78, 5) is 29.5. The highest BCUT2D eigenvalue weighted by molar-refractivity contribution is 5.92. The number of rotatable bonds is 6. The number of methoxy groups -OCH3 is 2. The Morgan fingerprint density at radius 3 is 2.46 bits per heavy atom. The topological polar surface area (TPSA) is 82.5 Å². The third-order valence-electron chi connectivity index (χ3n) is 4.25. The molecule has 0 unspecified atom stereocenters. The van der Waals surface area contributed by atoms with Crippen molar-refractivity contribution in [3.05, 3.63) is 70.8 Å². The molecule has 7 nitrogen and oxygen atoms in total. The van der Waals surface area contributed by atoms with Crippen molar-refractivity contribution in [1.82, 2.24) is 9.55 Å². The van der Waals surface area contributed by atoms with Crippen molar-refractivity contribution in [3.63, 3.8) is 0 Å². The van der Waals surface area contributed by atoms with Crippen LogP contribution in [0.1, 0.15) is 5.82 Å². The van der Waals surface area contributed by atoms with Gasteiger partial charge in [-0.1, -0.05) is 30.3 Å². The highest BCUT2D eigenvalue weighted by Gasteiger charge is 2.13. The third-order valence-corrected chi connectivity index (χ3v) is 4.25. The fourth-order valence-electron chi connectivity index (χ4n) is 2.81. The predicted octanol–water partition coefficient (Wildman–Crippen LogP) is 2.87. The minimum Gasteiger partial charge on any atom is -0.497 e. The van der Waals surface area contributed by atoms with E-state index in [2.05, 4.69) is 10.3 Å². The molecule has 28 heavy (non-hydrogen) atoms. The molecule has 0 saturated heterocycles. The van der Waals surface area contributed by atoms with Gasteiger partial charge in [-0.25, -0.2) is 4.98 Å². The zero-order valence-electron chi connectivity index (χ0n) is 15.9. The van der Waals surface area contributed by atoms with Crippen molar-refractivity contribution in [3.8, 4) is 22.8 Å². The maximum absolute atomic E-state index is 12.5. The Hall–Kier alpha value is -3.61. The maximum Gasteiger partial charge on any atom is 0.254 e. The van der Waals surface area contributed by atoms with E-state index < -0.39 is 0 Å². The summed E-state index contributed by atoms with van der Waals surface area (Å²) in [6.45, 7) is 1.55. The fraction of sp³-hybridized carbons (Fsp3) is 0.190. The van der Waals surface area contributed by atoms with E-state index in [4.69, 9.17) is 9.47 Å². The Labute approximate surface area is 162 Å². The molecule has 2 aromatic carbocycles. The molecule has 0 radical (unpaired) electrons. The van der Waals surface area contributed by atoms with Gasteiger partial charge in [-0.3, -0.25) is 14.2 Å². The van der Waals surface area contributed by atoms with Crippen LogP contribution < -0.4 is 20.3 Å². The number of aromatic nitrogens is 2. The van der Waals surface area contributed by atoms with E-state index in [1.165, 1.54) is 17.7 Å². The van der Waals surface area contributed by atoms with Gasteiger partial charge in [-0.05, 0) is 19.1 Å². The van der Waals surface area contributed by atoms with Crippen molar-refractivity contribution < 1.29 is 14.3 Å². The summed E-state index contributed by atoms with van der Waals surface area (Å²) in [6, 6.07) is 15.9. The van der Waals surface area contributed by atoms with Crippen LogP contribution >= 0.6 is 0 Å². The number of anilines is 1. The Balaban J connectivity index is 1.80. The first-order valence-corrected chi connectivity index (χ1v) is 8.67. The van der Waals surface area contributed by atoms with Gasteiger partial charge in [0.05, 0.1) is 25.6 Å². The van der Waals surface area contributed by atoms with Crippen LogP contribution in [0.25, 0.3) is 11.3 Å². The Kier molecular flexibility index (Phi) is 5.74. The summed E-state index contributed by atoms with van der Waals surface area (Å²) in [5.74, 6) is 1.18. The van der Waals surface area contributed by atoms with Crippen LogP contribution in [0.4, 0.5) is 5.69 Å². The van der Waals surface area contributed by atoms with Gasteiger partial charge in [-0.2, -0.15) is 0 Å². The molecule has 0 spiro atoms. The Bertz CT molecular complexity index is 1050. The van der Waals surface area contributed by atoms with Crippen LogP contribution in [0, 0.1) is 6.92 Å². The van der Waals surface area contributed by atoms with E-state index in [1.807, 2.05) is 30.3 Å². The number of carbonyl (C=O) groups is 1. The van der Waals surface area contributed by atoms with Crippen LogP contribution in [0.5, 0.6) is 11.5 Å². The molecule has 3 rings (SSSR count). The molecule has 1 amide bonds. The summed E-state index contributed by atoms with van der Waals surface area (Å²) < 4.78 is 11.8. The molecule has 0 bridgehead atoms. The molecule has 0 atom stereocenters. The van der Waals surface area contributed by atoms with Crippen LogP contribution in [0.3, 0.4) is 0 Å². The molecule has 7 heteroatoms. The highest BCUT2D eigenvalue weighted by atomic mass is 16.5. The lowest BCUT2D eigenvalue weighted by Crippen LogP contribution is -2.30. The van der Waals surface area contributed by atoms with Gasteiger partial charge in [0.1, 0.15) is 23.9 Å². The molecule has 144 valence electrons. The van der Waals surface area contributed by atoms with E-state index in [0.717, 1.165) is 5.56 Å². The summed E-state index contributed by atoms with van der Waals surface area (Å²) in [7, 11) is 3.06. The van der Waals surface area contributed by atoms with Crippen molar-refractivity contribution >= 4 is 11.6 Å². The van der Waals surface area contributed by atoms with Gasteiger partial charge in [-0.15, -0.1) is 0 Å². The summed E-state index contributed by atoms with van der Waals surface area (Å²) in [5.41, 5.74) is 1.63. The van der Waals surface area contributed by atoms with Crippen molar-refractivity contribution in [2.45, 2.75) is 13.5 Å². The Morgan fingerprint density at radius 1 is 1.07 bits per heavy atom. The predicted molar refractivity (Wildman–Crippen MR) is 107 cm³/mol. The first-order valence-electron chi connectivity index (χ1n) is 8.67. The number of benzene rings is 2. The number of hydrogen-bond acceptors (Lipinski definition) is 5. The smallest absolute Gasteiger partial charge is 0.254 e. The second-order valence-electron chi connectivity index (χ2n) is 6.09. The van der Waals surface area contributed by atoms with Crippen LogP contribution in [-0.4, -0.2) is 29.7 Å². The highest BCUT2D eigenvalue weighted by Crippen LogP contribution is 2.29. The zero-order valence-corrected chi connectivity index (χ0v) is 15.9. The monoisotopic (exact) mass is 379 g/mol. The molecule has 0 saturated carbocycles. The summed E-state index contributed by atoms with van der Waals surface area (Å²) in [6.07, 6.45) is 0. The number of aryl methyl sites for hydroxylation is 1. The third kappa shape index (κ3) is 4.20. The normalized spacial score (nSPS) is 10.4. The number of nitrogens with one attached hydrogen (secondary N) is 1. The van der Waals surface area contributed by atoms with E-state index in [0.29, 0.717) is 28.7 Å². The minimum atomic E-state index is -0.358. The molecule has 3 aromatic rings. The number of nitrogens with zero attached hydrogens (tertiary/aromatic N) is 2. The van der Waals surface area contributed by atoms with Gasteiger partial charge in [0.25, 0.3) is 5.56 Å². The van der Waals surface area contributed by atoms with Gasteiger partial charge in [0, 0.05) is 17.7 Å². The molecular formula is C21H21N3O4. The second-order valence-corrected chi connectivity index (χ2v) is 6.09. The lowest BCUT2D eigenvalue weighted by molar-refractivity contribution is -0.116. The average molecular weight is 379 g/mol. The number of amides is 1. The van der Waals surface area contributed by atoms with Crippen molar-refractivity contribution in [2.75, 3.05) is 19.5 Å². The molecule has 0 aliphatic rings. The summed E-state index contributed by atoms with van der Waals surface area (Å²) >= 11 is 0. The maximum atomic E-state index is 12.5. The molecule has 1 N–H and O–H groups in total. The molecule has 0 fully saturated rings. The first kappa shape index (κ1) is 19.2. The first-order chi connectivity index (χ1) is 13.5. The fourth-order valence-corrected chi connectivity index (χ4v) is 2.81. The SMILES string of the molecule is COc1ccc(NC(=O)Cn2c(C)nc(-c3ccccc3)cc2=O)c(OC)c1. The molecule has 1 aromatic heterocycles. The Morgan fingerprint density at radius 2 is 1.82 bits per heavy atom. The average Bonchev–Trinajstić information content (AvgIpc) is 2.71. The lowest BCUT2D eigenvalue weighted by atomic mass is 10.1. The van der Waals surface area contributed by atoms with E-state index >= 15 is 0 Å². The summed E-state index contributed by atoms with van der Waals surface area (Å²) in [5, 5.41) is 2.75.